The second-order valence-electron chi connectivity index (χ2n) is 6.11. The lowest BCUT2D eigenvalue weighted by Crippen LogP contribution is -2.28. The van der Waals surface area contributed by atoms with Gasteiger partial charge >= 0.3 is 5.97 Å². The third-order valence-electron chi connectivity index (χ3n) is 4.23. The molecule has 1 aromatic carbocycles. The maximum atomic E-state index is 12.2. The van der Waals surface area contributed by atoms with E-state index < -0.39 is 5.97 Å². The Kier molecular flexibility index (Phi) is 6.43. The van der Waals surface area contributed by atoms with E-state index in [0.717, 1.165) is 28.2 Å². The van der Waals surface area contributed by atoms with Gasteiger partial charge in [-0.15, -0.1) is 11.3 Å². The van der Waals surface area contributed by atoms with E-state index in [2.05, 4.69) is 15.7 Å². The summed E-state index contributed by atoms with van der Waals surface area (Å²) in [7, 11) is 1.37. The Bertz CT molecular complexity index is 980. The molecule has 2 heterocycles. The molecule has 0 fully saturated rings. The zero-order valence-electron chi connectivity index (χ0n) is 16.0. The van der Waals surface area contributed by atoms with Crippen molar-refractivity contribution in [3.05, 3.63) is 59.4 Å². The maximum Gasteiger partial charge on any atom is 0.340 e. The van der Waals surface area contributed by atoms with Gasteiger partial charge in [-0.2, -0.15) is 5.10 Å². The molecule has 0 saturated carbocycles. The van der Waals surface area contributed by atoms with Crippen LogP contribution < -0.4 is 10.6 Å². The van der Waals surface area contributed by atoms with Crippen LogP contribution in [-0.4, -0.2) is 28.0 Å². The Hall–Kier alpha value is -2.71. The quantitative estimate of drug-likeness (QED) is 0.465. The van der Waals surface area contributed by atoms with Gasteiger partial charge in [0.15, 0.2) is 5.11 Å². The molecule has 0 spiro atoms. The first-order chi connectivity index (χ1) is 13.5. The molecular weight excluding hydrogens is 392 g/mol. The molecule has 0 aliphatic carbocycles. The molecule has 3 aromatic rings. The van der Waals surface area contributed by atoms with Crippen LogP contribution in [0.15, 0.2) is 42.6 Å². The van der Waals surface area contributed by atoms with Gasteiger partial charge in [0, 0.05) is 29.7 Å². The van der Waals surface area contributed by atoms with E-state index in [1.54, 1.807) is 0 Å². The minimum Gasteiger partial charge on any atom is -0.465 e. The average Bonchev–Trinajstić information content (AvgIpc) is 3.29. The number of thiophene rings is 1. The molecule has 0 amide bonds. The predicted octanol–water partition coefficient (Wildman–Crippen LogP) is 4.21. The number of aromatic nitrogens is 2. The van der Waals surface area contributed by atoms with Crippen LogP contribution in [0.2, 0.25) is 0 Å². The fourth-order valence-corrected chi connectivity index (χ4v) is 4.00. The highest BCUT2D eigenvalue weighted by molar-refractivity contribution is 7.80. The van der Waals surface area contributed by atoms with E-state index in [-0.39, 0.29) is 0 Å². The minimum atomic E-state index is -0.399. The van der Waals surface area contributed by atoms with Crippen LogP contribution in [0.4, 0.5) is 5.00 Å². The molecule has 0 radical (unpaired) electrons. The van der Waals surface area contributed by atoms with Crippen LogP contribution in [0, 0.1) is 6.92 Å². The van der Waals surface area contributed by atoms with Gasteiger partial charge in [0.1, 0.15) is 5.00 Å². The van der Waals surface area contributed by atoms with E-state index in [4.69, 9.17) is 17.0 Å². The van der Waals surface area contributed by atoms with Crippen LogP contribution >= 0.6 is 23.6 Å². The van der Waals surface area contributed by atoms with Crippen molar-refractivity contribution in [3.8, 4) is 10.4 Å². The van der Waals surface area contributed by atoms with Gasteiger partial charge in [0.05, 0.1) is 18.4 Å². The number of carbonyl (C=O) groups is 1. The van der Waals surface area contributed by atoms with Crippen LogP contribution in [-0.2, 0) is 17.8 Å². The molecule has 0 unspecified atom stereocenters. The first kappa shape index (κ1) is 20.0. The molecule has 3 rings (SSSR count). The number of esters is 1. The van der Waals surface area contributed by atoms with Crippen LogP contribution in [0.3, 0.4) is 0 Å². The molecule has 0 atom stereocenters. The first-order valence-corrected chi connectivity index (χ1v) is 10.1. The molecule has 0 saturated heterocycles. The largest absolute Gasteiger partial charge is 0.465 e. The highest BCUT2D eigenvalue weighted by Gasteiger charge is 2.18. The van der Waals surface area contributed by atoms with Gasteiger partial charge in [-0.05, 0) is 37.7 Å². The standard InChI is InChI=1S/C20H22N4O2S2/c1-4-24-12-15(13(2)23-24)11-21-20(27)22-18-16(19(25)26-3)10-17(28-18)14-8-6-5-7-9-14/h5-10,12H,4,11H2,1-3H3,(H2,21,22,27). The summed E-state index contributed by atoms with van der Waals surface area (Å²) in [5, 5.41) is 11.8. The lowest BCUT2D eigenvalue weighted by molar-refractivity contribution is 0.0602. The molecule has 0 bridgehead atoms. The molecule has 0 aliphatic heterocycles. The summed E-state index contributed by atoms with van der Waals surface area (Å²) in [5.41, 5.74) is 3.54. The molecule has 6 nitrogen and oxygen atoms in total. The zero-order valence-corrected chi connectivity index (χ0v) is 17.6. The molecule has 28 heavy (non-hydrogen) atoms. The smallest absolute Gasteiger partial charge is 0.340 e. The monoisotopic (exact) mass is 414 g/mol. The first-order valence-electron chi connectivity index (χ1n) is 8.87. The van der Waals surface area contributed by atoms with E-state index in [0.29, 0.717) is 22.2 Å². The number of rotatable bonds is 6. The van der Waals surface area contributed by atoms with Gasteiger partial charge < -0.3 is 15.4 Å². The lowest BCUT2D eigenvalue weighted by Gasteiger charge is -2.10. The number of aryl methyl sites for hydroxylation is 2. The normalized spacial score (nSPS) is 10.5. The minimum absolute atomic E-state index is 0.399. The molecule has 0 aliphatic rings. The Morgan fingerprint density at radius 1 is 1.32 bits per heavy atom. The fraction of sp³-hybridized carbons (Fsp3) is 0.250. The van der Waals surface area contributed by atoms with E-state index >= 15 is 0 Å². The van der Waals surface area contributed by atoms with Crippen molar-refractivity contribution in [2.45, 2.75) is 26.9 Å². The third-order valence-corrected chi connectivity index (χ3v) is 5.58. The molecule has 146 valence electrons. The van der Waals surface area contributed by atoms with Crippen molar-refractivity contribution < 1.29 is 9.53 Å². The molecular formula is C20H22N4O2S2. The van der Waals surface area contributed by atoms with Crippen molar-refractivity contribution in [2.75, 3.05) is 12.4 Å². The van der Waals surface area contributed by atoms with Crippen LogP contribution in [0.1, 0.15) is 28.5 Å². The summed E-state index contributed by atoms with van der Waals surface area (Å²) < 4.78 is 6.81. The predicted molar refractivity (Wildman–Crippen MR) is 117 cm³/mol. The Morgan fingerprint density at radius 3 is 2.71 bits per heavy atom. The molecule has 2 N–H and O–H groups in total. The SMILES string of the molecule is CCn1cc(CNC(=S)Nc2sc(-c3ccccc3)cc2C(=O)OC)c(C)n1. The summed E-state index contributed by atoms with van der Waals surface area (Å²) in [6, 6.07) is 11.7. The number of nitrogens with zero attached hydrogens (tertiary/aromatic N) is 2. The fourth-order valence-electron chi connectivity index (χ4n) is 2.71. The number of ether oxygens (including phenoxy) is 1. The summed E-state index contributed by atoms with van der Waals surface area (Å²) in [4.78, 5) is 13.2. The van der Waals surface area contributed by atoms with Gasteiger partial charge in [-0.25, -0.2) is 4.79 Å². The summed E-state index contributed by atoms with van der Waals surface area (Å²) in [6.45, 7) is 5.40. The van der Waals surface area contributed by atoms with E-state index in [1.807, 2.05) is 61.1 Å². The second kappa shape index (κ2) is 8.99. The van der Waals surface area contributed by atoms with Gasteiger partial charge in [-0.1, -0.05) is 30.3 Å². The number of benzene rings is 1. The second-order valence-corrected chi connectivity index (χ2v) is 7.57. The Labute approximate surface area is 173 Å². The number of carbonyl (C=O) groups excluding carboxylic acids is 1. The lowest BCUT2D eigenvalue weighted by atomic mass is 10.1. The average molecular weight is 415 g/mol. The number of nitrogens with one attached hydrogen (secondary N) is 2. The topological polar surface area (TPSA) is 68.2 Å². The Morgan fingerprint density at radius 2 is 2.07 bits per heavy atom. The highest BCUT2D eigenvalue weighted by Crippen LogP contribution is 2.35. The zero-order chi connectivity index (χ0) is 20.1. The summed E-state index contributed by atoms with van der Waals surface area (Å²) in [5.74, 6) is -0.399. The number of anilines is 1. The van der Waals surface area contributed by atoms with Gasteiger partial charge in [0.2, 0.25) is 0 Å². The third kappa shape index (κ3) is 4.58. The van der Waals surface area contributed by atoms with Crippen molar-refractivity contribution >= 4 is 39.6 Å². The van der Waals surface area contributed by atoms with Crippen LogP contribution in [0.5, 0.6) is 0 Å². The number of hydrogen-bond acceptors (Lipinski definition) is 5. The number of methoxy groups -OCH3 is 1. The summed E-state index contributed by atoms with van der Waals surface area (Å²) >= 11 is 6.89. The van der Waals surface area contributed by atoms with E-state index in [9.17, 15) is 4.79 Å². The molecule has 8 heteroatoms. The Balaban J connectivity index is 1.74. The summed E-state index contributed by atoms with van der Waals surface area (Å²) in [6.07, 6.45) is 2.00. The molecule has 2 aromatic heterocycles. The van der Waals surface area contributed by atoms with Crippen molar-refractivity contribution in [3.63, 3.8) is 0 Å². The van der Waals surface area contributed by atoms with Gasteiger partial charge in [0.25, 0.3) is 0 Å². The number of thiocarbonyl (C=S) groups is 1. The number of hydrogen-bond donors (Lipinski definition) is 2. The van der Waals surface area contributed by atoms with Crippen molar-refractivity contribution in [2.24, 2.45) is 0 Å². The van der Waals surface area contributed by atoms with Gasteiger partial charge in [-0.3, -0.25) is 4.68 Å². The maximum absolute atomic E-state index is 12.2. The van der Waals surface area contributed by atoms with Crippen molar-refractivity contribution in [1.29, 1.82) is 0 Å². The highest BCUT2D eigenvalue weighted by atomic mass is 32.1. The van der Waals surface area contributed by atoms with Crippen LogP contribution in [0.25, 0.3) is 10.4 Å². The van der Waals surface area contributed by atoms with Crippen molar-refractivity contribution in [1.82, 2.24) is 15.1 Å². The van der Waals surface area contributed by atoms with E-state index in [1.165, 1.54) is 18.4 Å².